The van der Waals surface area contributed by atoms with Crippen molar-refractivity contribution in [3.63, 3.8) is 0 Å². The van der Waals surface area contributed by atoms with Gasteiger partial charge in [0.1, 0.15) is 23.9 Å². The molecule has 0 aliphatic rings. The fraction of sp³-hybridized carbons (Fsp3) is 0.150. The standard InChI is InChI=1S/C20H18BrNO4/c1-25-19-8-4-14(18-9-7-16(12-23)26-18)11-17(19)22-20(24)10-13-2-5-15(21)6-3-13/h2-9,11,23H,10,12H2,1H3,(H,22,24). The van der Waals surface area contributed by atoms with Crippen molar-refractivity contribution in [3.05, 3.63) is 70.4 Å². The zero-order valence-electron chi connectivity index (χ0n) is 14.2. The first-order valence-corrected chi connectivity index (χ1v) is 8.80. The summed E-state index contributed by atoms with van der Waals surface area (Å²) in [6.07, 6.45) is 0.260. The molecule has 0 spiro atoms. The van der Waals surface area contributed by atoms with Crippen LogP contribution in [0.2, 0.25) is 0 Å². The molecule has 2 N–H and O–H groups in total. The minimum atomic E-state index is -0.160. The molecule has 1 amide bonds. The average Bonchev–Trinajstić information content (AvgIpc) is 3.13. The van der Waals surface area contributed by atoms with Crippen molar-refractivity contribution in [3.8, 4) is 17.1 Å². The molecule has 6 heteroatoms. The van der Waals surface area contributed by atoms with Gasteiger partial charge < -0.3 is 19.6 Å². The molecule has 0 saturated heterocycles. The summed E-state index contributed by atoms with van der Waals surface area (Å²) in [5, 5.41) is 12.0. The first-order valence-electron chi connectivity index (χ1n) is 8.01. The van der Waals surface area contributed by atoms with E-state index in [1.165, 1.54) is 0 Å². The second-order valence-corrected chi connectivity index (χ2v) is 6.61. The smallest absolute Gasteiger partial charge is 0.228 e. The lowest BCUT2D eigenvalue weighted by atomic mass is 10.1. The number of furan rings is 1. The van der Waals surface area contributed by atoms with Gasteiger partial charge in [0, 0.05) is 10.0 Å². The molecule has 0 unspecified atom stereocenters. The van der Waals surface area contributed by atoms with Crippen LogP contribution in [0.3, 0.4) is 0 Å². The molecule has 1 heterocycles. The van der Waals surface area contributed by atoms with Gasteiger partial charge >= 0.3 is 0 Å². The van der Waals surface area contributed by atoms with Crippen LogP contribution in [0, 0.1) is 0 Å². The number of halogens is 1. The molecule has 0 aliphatic carbocycles. The predicted octanol–water partition coefficient (Wildman–Crippen LogP) is 4.39. The third-order valence-electron chi connectivity index (χ3n) is 3.85. The van der Waals surface area contributed by atoms with Crippen LogP contribution < -0.4 is 10.1 Å². The maximum Gasteiger partial charge on any atom is 0.228 e. The summed E-state index contributed by atoms with van der Waals surface area (Å²) in [5.41, 5.74) is 2.26. The Labute approximate surface area is 159 Å². The molecule has 26 heavy (non-hydrogen) atoms. The Morgan fingerprint density at radius 3 is 2.58 bits per heavy atom. The number of amides is 1. The topological polar surface area (TPSA) is 71.7 Å². The molecule has 1 aromatic heterocycles. The summed E-state index contributed by atoms with van der Waals surface area (Å²) >= 11 is 3.38. The minimum Gasteiger partial charge on any atom is -0.495 e. The van der Waals surface area contributed by atoms with Crippen molar-refractivity contribution >= 4 is 27.5 Å². The fourth-order valence-corrected chi connectivity index (χ4v) is 2.82. The van der Waals surface area contributed by atoms with Crippen molar-refractivity contribution in [2.45, 2.75) is 13.0 Å². The van der Waals surface area contributed by atoms with Gasteiger partial charge in [0.15, 0.2) is 0 Å². The third-order valence-corrected chi connectivity index (χ3v) is 4.38. The zero-order valence-corrected chi connectivity index (χ0v) is 15.7. The quantitative estimate of drug-likeness (QED) is 0.625. The average molecular weight is 416 g/mol. The first kappa shape index (κ1) is 18.2. The number of methoxy groups -OCH3 is 1. The van der Waals surface area contributed by atoms with Gasteiger partial charge in [-0.3, -0.25) is 4.79 Å². The van der Waals surface area contributed by atoms with E-state index in [1.807, 2.05) is 30.3 Å². The number of carbonyl (C=O) groups is 1. The number of aliphatic hydroxyl groups is 1. The monoisotopic (exact) mass is 415 g/mol. The van der Waals surface area contributed by atoms with Gasteiger partial charge in [-0.05, 0) is 48.0 Å². The second-order valence-electron chi connectivity index (χ2n) is 5.69. The Morgan fingerprint density at radius 1 is 1.15 bits per heavy atom. The summed E-state index contributed by atoms with van der Waals surface area (Å²) in [7, 11) is 1.55. The van der Waals surface area contributed by atoms with E-state index < -0.39 is 0 Å². The molecule has 0 saturated carbocycles. The number of anilines is 1. The highest BCUT2D eigenvalue weighted by Crippen LogP contribution is 2.31. The van der Waals surface area contributed by atoms with Gasteiger partial charge in [0.25, 0.3) is 0 Å². The van der Waals surface area contributed by atoms with E-state index in [1.54, 1.807) is 31.4 Å². The highest BCUT2D eigenvalue weighted by molar-refractivity contribution is 9.10. The number of aliphatic hydroxyl groups excluding tert-OH is 1. The number of carbonyl (C=O) groups excluding carboxylic acids is 1. The molecule has 134 valence electrons. The SMILES string of the molecule is COc1ccc(-c2ccc(CO)o2)cc1NC(=O)Cc1ccc(Br)cc1. The highest BCUT2D eigenvalue weighted by Gasteiger charge is 2.12. The number of hydrogen-bond donors (Lipinski definition) is 2. The van der Waals surface area contributed by atoms with Crippen molar-refractivity contribution in [1.29, 1.82) is 0 Å². The Bertz CT molecular complexity index is 902. The van der Waals surface area contributed by atoms with Crippen LogP contribution in [0.5, 0.6) is 5.75 Å². The summed E-state index contributed by atoms with van der Waals surface area (Å²) in [5.74, 6) is 1.52. The summed E-state index contributed by atoms with van der Waals surface area (Å²) in [6.45, 7) is -0.160. The molecule has 0 radical (unpaired) electrons. The van der Waals surface area contributed by atoms with Crippen molar-refractivity contribution in [1.82, 2.24) is 0 Å². The van der Waals surface area contributed by atoms with Crippen LogP contribution >= 0.6 is 15.9 Å². The van der Waals surface area contributed by atoms with Crippen LogP contribution in [-0.2, 0) is 17.8 Å². The fourth-order valence-electron chi connectivity index (χ4n) is 2.56. The van der Waals surface area contributed by atoms with Gasteiger partial charge in [0.2, 0.25) is 5.91 Å². The Hall–Kier alpha value is -2.57. The zero-order chi connectivity index (χ0) is 18.5. The van der Waals surface area contributed by atoms with Gasteiger partial charge in [-0.2, -0.15) is 0 Å². The maximum atomic E-state index is 12.4. The number of nitrogens with one attached hydrogen (secondary N) is 1. The summed E-state index contributed by atoms with van der Waals surface area (Å²) in [4.78, 5) is 12.4. The van der Waals surface area contributed by atoms with E-state index in [0.29, 0.717) is 23.0 Å². The van der Waals surface area contributed by atoms with Crippen molar-refractivity contribution in [2.75, 3.05) is 12.4 Å². The van der Waals surface area contributed by atoms with E-state index in [-0.39, 0.29) is 18.9 Å². The lowest BCUT2D eigenvalue weighted by Gasteiger charge is -2.12. The van der Waals surface area contributed by atoms with E-state index in [2.05, 4.69) is 21.2 Å². The molecular weight excluding hydrogens is 398 g/mol. The summed E-state index contributed by atoms with van der Waals surface area (Å²) < 4.78 is 11.9. The molecule has 0 fully saturated rings. The Morgan fingerprint density at radius 2 is 1.92 bits per heavy atom. The van der Waals surface area contributed by atoms with Crippen molar-refractivity contribution in [2.24, 2.45) is 0 Å². The van der Waals surface area contributed by atoms with Crippen LogP contribution in [0.1, 0.15) is 11.3 Å². The predicted molar refractivity (Wildman–Crippen MR) is 103 cm³/mol. The van der Waals surface area contributed by atoms with Crippen LogP contribution in [0.15, 0.2) is 63.5 Å². The highest BCUT2D eigenvalue weighted by atomic mass is 79.9. The molecule has 0 atom stereocenters. The minimum absolute atomic E-state index is 0.140. The number of hydrogen-bond acceptors (Lipinski definition) is 4. The molecular formula is C20H18BrNO4. The largest absolute Gasteiger partial charge is 0.495 e. The van der Waals surface area contributed by atoms with E-state index in [4.69, 9.17) is 14.3 Å². The third kappa shape index (κ3) is 4.33. The Balaban J connectivity index is 1.79. The van der Waals surface area contributed by atoms with Crippen LogP contribution in [0.4, 0.5) is 5.69 Å². The number of rotatable bonds is 6. The van der Waals surface area contributed by atoms with Crippen LogP contribution in [-0.4, -0.2) is 18.1 Å². The van der Waals surface area contributed by atoms with Gasteiger partial charge in [-0.25, -0.2) is 0 Å². The molecule has 3 aromatic rings. The molecule has 5 nitrogen and oxygen atoms in total. The van der Waals surface area contributed by atoms with E-state index >= 15 is 0 Å². The molecule has 0 aliphatic heterocycles. The van der Waals surface area contributed by atoms with E-state index in [0.717, 1.165) is 15.6 Å². The molecule has 2 aromatic carbocycles. The lowest BCUT2D eigenvalue weighted by Crippen LogP contribution is -2.15. The molecule has 0 bridgehead atoms. The molecule has 3 rings (SSSR count). The Kier molecular flexibility index (Phi) is 5.75. The van der Waals surface area contributed by atoms with Crippen molar-refractivity contribution < 1.29 is 19.1 Å². The van der Waals surface area contributed by atoms with Gasteiger partial charge in [0.05, 0.1) is 19.2 Å². The lowest BCUT2D eigenvalue weighted by molar-refractivity contribution is -0.115. The number of ether oxygens (including phenoxy) is 1. The number of benzene rings is 2. The van der Waals surface area contributed by atoms with Gasteiger partial charge in [-0.15, -0.1) is 0 Å². The van der Waals surface area contributed by atoms with E-state index in [9.17, 15) is 4.79 Å². The normalized spacial score (nSPS) is 10.6. The summed E-state index contributed by atoms with van der Waals surface area (Å²) in [6, 6.07) is 16.5. The maximum absolute atomic E-state index is 12.4. The van der Waals surface area contributed by atoms with Crippen LogP contribution in [0.25, 0.3) is 11.3 Å². The second kappa shape index (κ2) is 8.21. The van der Waals surface area contributed by atoms with Gasteiger partial charge in [-0.1, -0.05) is 28.1 Å². The first-order chi connectivity index (χ1) is 12.6.